The maximum atomic E-state index is 13.9. The van der Waals surface area contributed by atoms with Crippen LogP contribution in [-0.2, 0) is 0 Å². The largest absolute Gasteiger partial charge is 0.389 e. The van der Waals surface area contributed by atoms with Crippen LogP contribution in [0.4, 0.5) is 27.6 Å². The van der Waals surface area contributed by atoms with Gasteiger partial charge in [-0.1, -0.05) is 73.1 Å². The van der Waals surface area contributed by atoms with Crippen LogP contribution in [0.2, 0.25) is 0 Å². The Labute approximate surface area is 190 Å². The fourth-order valence-corrected chi connectivity index (χ4v) is 4.71. The molecule has 0 fully saturated rings. The van der Waals surface area contributed by atoms with Gasteiger partial charge in [0.15, 0.2) is 23.3 Å². The fourth-order valence-electron chi connectivity index (χ4n) is 4.71. The molecule has 186 valence electrons. The molecule has 2 N–H and O–H groups in total. The standard InChI is InChI=1S/C25H40F5NO/c1-6-7-8-9-10-11-13-18(25(32,16(2)3)17(4)5)14-12-15-31-24-22(29)20(27)19(26)21(28)23(24)30/h16-18,31-32H,6-15H2,1-5H3. The Bertz CT molecular complexity index is 671. The highest BCUT2D eigenvalue weighted by atomic mass is 19.2. The van der Waals surface area contributed by atoms with E-state index in [-0.39, 0.29) is 24.3 Å². The van der Waals surface area contributed by atoms with Crippen molar-refractivity contribution in [1.82, 2.24) is 0 Å². The van der Waals surface area contributed by atoms with Crippen LogP contribution in [0.15, 0.2) is 0 Å². The molecule has 1 rings (SSSR count). The van der Waals surface area contributed by atoms with E-state index in [1.807, 2.05) is 27.7 Å². The van der Waals surface area contributed by atoms with Gasteiger partial charge < -0.3 is 10.4 Å². The van der Waals surface area contributed by atoms with Crippen molar-refractivity contribution < 1.29 is 27.1 Å². The quantitative estimate of drug-likeness (QED) is 0.119. The van der Waals surface area contributed by atoms with E-state index in [1.54, 1.807) is 0 Å². The first kappa shape index (κ1) is 28.7. The minimum Gasteiger partial charge on any atom is -0.389 e. The smallest absolute Gasteiger partial charge is 0.200 e. The van der Waals surface area contributed by atoms with Crippen LogP contribution in [0.1, 0.15) is 92.4 Å². The Hall–Kier alpha value is -1.37. The van der Waals surface area contributed by atoms with E-state index in [0.29, 0.717) is 12.8 Å². The molecule has 1 atom stereocenters. The molecule has 0 aliphatic carbocycles. The lowest BCUT2D eigenvalue weighted by Crippen LogP contribution is -2.48. The highest BCUT2D eigenvalue weighted by Gasteiger charge is 2.41. The maximum Gasteiger partial charge on any atom is 0.200 e. The van der Waals surface area contributed by atoms with Crippen molar-refractivity contribution in [3.05, 3.63) is 29.1 Å². The molecule has 0 aliphatic heterocycles. The number of nitrogens with one attached hydrogen (secondary N) is 1. The third-order valence-electron chi connectivity index (χ3n) is 6.65. The SMILES string of the molecule is CCCCCCCCC(CCCNc1c(F)c(F)c(F)c(F)c1F)C(O)(C(C)C)C(C)C. The summed E-state index contributed by atoms with van der Waals surface area (Å²) in [5.41, 5.74) is -1.90. The molecule has 0 saturated heterocycles. The fraction of sp³-hybridized carbons (Fsp3) is 0.760. The van der Waals surface area contributed by atoms with E-state index in [1.165, 1.54) is 19.3 Å². The van der Waals surface area contributed by atoms with Crippen molar-refractivity contribution in [3.63, 3.8) is 0 Å². The van der Waals surface area contributed by atoms with Gasteiger partial charge in [0.2, 0.25) is 5.82 Å². The third kappa shape index (κ3) is 7.06. The van der Waals surface area contributed by atoms with Gasteiger partial charge in [0, 0.05) is 6.54 Å². The average Bonchev–Trinajstić information content (AvgIpc) is 2.75. The van der Waals surface area contributed by atoms with Crippen molar-refractivity contribution in [1.29, 1.82) is 0 Å². The van der Waals surface area contributed by atoms with Gasteiger partial charge in [0.1, 0.15) is 5.69 Å². The molecule has 1 aromatic carbocycles. The number of hydrogen-bond donors (Lipinski definition) is 2. The molecule has 0 spiro atoms. The summed E-state index contributed by atoms with van der Waals surface area (Å²) in [6, 6.07) is 0. The number of hydrogen-bond acceptors (Lipinski definition) is 2. The first-order valence-corrected chi connectivity index (χ1v) is 12.0. The summed E-state index contributed by atoms with van der Waals surface area (Å²) >= 11 is 0. The molecule has 1 aromatic rings. The Morgan fingerprint density at radius 1 is 0.688 bits per heavy atom. The van der Waals surface area contributed by atoms with E-state index >= 15 is 0 Å². The van der Waals surface area contributed by atoms with Gasteiger partial charge in [0.05, 0.1) is 5.60 Å². The van der Waals surface area contributed by atoms with E-state index in [9.17, 15) is 27.1 Å². The molecule has 32 heavy (non-hydrogen) atoms. The predicted molar refractivity (Wildman–Crippen MR) is 120 cm³/mol. The lowest BCUT2D eigenvalue weighted by molar-refractivity contribution is -0.102. The van der Waals surface area contributed by atoms with Gasteiger partial charge in [-0.15, -0.1) is 0 Å². The topological polar surface area (TPSA) is 32.3 Å². The van der Waals surface area contributed by atoms with Gasteiger partial charge in [-0.05, 0) is 37.0 Å². The third-order valence-corrected chi connectivity index (χ3v) is 6.65. The Balaban J connectivity index is 2.80. The summed E-state index contributed by atoms with van der Waals surface area (Å²) in [6.45, 7) is 10.2. The molecule has 1 unspecified atom stereocenters. The summed E-state index contributed by atoms with van der Waals surface area (Å²) in [7, 11) is 0. The van der Waals surface area contributed by atoms with E-state index in [4.69, 9.17) is 0 Å². The van der Waals surface area contributed by atoms with Crippen LogP contribution in [0, 0.1) is 46.8 Å². The van der Waals surface area contributed by atoms with Crippen LogP contribution < -0.4 is 5.32 Å². The van der Waals surface area contributed by atoms with Crippen LogP contribution in [0.5, 0.6) is 0 Å². The molecule has 0 bridgehead atoms. The molecule has 7 heteroatoms. The molecule has 0 heterocycles. The van der Waals surface area contributed by atoms with Crippen molar-refractivity contribution in [2.75, 3.05) is 11.9 Å². The van der Waals surface area contributed by atoms with E-state index < -0.39 is 40.4 Å². The highest BCUT2D eigenvalue weighted by Crippen LogP contribution is 2.39. The summed E-state index contributed by atoms with van der Waals surface area (Å²) in [6.07, 6.45) is 8.68. The molecular weight excluding hydrogens is 425 g/mol. The molecule has 2 nitrogen and oxygen atoms in total. The minimum absolute atomic E-state index is 0.0214. The lowest BCUT2D eigenvalue weighted by Gasteiger charge is -2.43. The second-order valence-corrected chi connectivity index (χ2v) is 9.46. The van der Waals surface area contributed by atoms with Gasteiger partial charge in [-0.25, -0.2) is 22.0 Å². The highest BCUT2D eigenvalue weighted by molar-refractivity contribution is 5.47. The van der Waals surface area contributed by atoms with Crippen LogP contribution in [-0.4, -0.2) is 17.3 Å². The normalized spacial score (nSPS) is 13.3. The number of halogens is 5. The van der Waals surface area contributed by atoms with Gasteiger partial charge in [-0.3, -0.25) is 0 Å². The Kier molecular flexibility index (Phi) is 12.0. The number of rotatable bonds is 15. The number of aliphatic hydroxyl groups is 1. The van der Waals surface area contributed by atoms with Gasteiger partial charge in [-0.2, -0.15) is 0 Å². The maximum absolute atomic E-state index is 13.9. The number of anilines is 1. The second-order valence-electron chi connectivity index (χ2n) is 9.46. The number of benzene rings is 1. The van der Waals surface area contributed by atoms with Gasteiger partial charge in [0.25, 0.3) is 0 Å². The van der Waals surface area contributed by atoms with Crippen LogP contribution in [0.3, 0.4) is 0 Å². The summed E-state index contributed by atoms with van der Waals surface area (Å²) in [4.78, 5) is 0. The van der Waals surface area contributed by atoms with E-state index in [2.05, 4.69) is 12.2 Å². The average molecular weight is 466 g/mol. The summed E-state index contributed by atoms with van der Waals surface area (Å²) in [5.74, 6) is -9.76. The summed E-state index contributed by atoms with van der Waals surface area (Å²) < 4.78 is 67.7. The van der Waals surface area contributed by atoms with Gasteiger partial charge >= 0.3 is 0 Å². The molecule has 0 saturated carbocycles. The first-order chi connectivity index (χ1) is 15.0. The lowest BCUT2D eigenvalue weighted by atomic mass is 9.68. The molecule has 0 aromatic heterocycles. The summed E-state index contributed by atoms with van der Waals surface area (Å²) in [5, 5.41) is 13.9. The van der Waals surface area contributed by atoms with Crippen molar-refractivity contribution in [2.24, 2.45) is 17.8 Å². The van der Waals surface area contributed by atoms with Crippen molar-refractivity contribution >= 4 is 5.69 Å². The minimum atomic E-state index is -2.16. The van der Waals surface area contributed by atoms with E-state index in [0.717, 1.165) is 25.7 Å². The van der Waals surface area contributed by atoms with Crippen molar-refractivity contribution in [2.45, 2.75) is 98.0 Å². The molecular formula is C25H40F5NO. The van der Waals surface area contributed by atoms with Crippen molar-refractivity contribution in [3.8, 4) is 0 Å². The van der Waals surface area contributed by atoms with Crippen LogP contribution >= 0.6 is 0 Å². The Morgan fingerprint density at radius 3 is 1.62 bits per heavy atom. The first-order valence-electron chi connectivity index (χ1n) is 12.0. The molecule has 0 aliphatic rings. The zero-order chi connectivity index (χ0) is 24.5. The monoisotopic (exact) mass is 465 g/mol. The Morgan fingerprint density at radius 2 is 1.12 bits per heavy atom. The predicted octanol–water partition coefficient (Wildman–Crippen LogP) is 7.98. The molecule has 0 radical (unpaired) electrons. The zero-order valence-corrected chi connectivity index (χ0v) is 20.1. The second kappa shape index (κ2) is 13.4. The number of unbranched alkanes of at least 4 members (excludes halogenated alkanes) is 5. The zero-order valence-electron chi connectivity index (χ0n) is 20.1. The van der Waals surface area contributed by atoms with Crippen LogP contribution in [0.25, 0.3) is 0 Å². The molecule has 0 amide bonds.